The second kappa shape index (κ2) is 4.44. The van der Waals surface area contributed by atoms with Crippen molar-refractivity contribution in [2.75, 3.05) is 7.05 Å². The third-order valence-electron chi connectivity index (χ3n) is 0.692. The molecule has 0 aliphatic rings. The summed E-state index contributed by atoms with van der Waals surface area (Å²) in [5, 5.41) is 2.90. The SMILES string of the molecule is CN/C=C\C=C(C)C. The fourth-order valence-corrected chi connectivity index (χ4v) is 0.337. The van der Waals surface area contributed by atoms with Crippen molar-refractivity contribution in [2.24, 2.45) is 0 Å². The second-order valence-corrected chi connectivity index (χ2v) is 1.89. The molecule has 8 heavy (non-hydrogen) atoms. The Hall–Kier alpha value is -0.720. The average Bonchev–Trinajstić information content (AvgIpc) is 1.66. The first-order chi connectivity index (χ1) is 3.77. The summed E-state index contributed by atoms with van der Waals surface area (Å²) >= 11 is 0. The molecule has 0 saturated heterocycles. The van der Waals surface area contributed by atoms with E-state index in [1.54, 1.807) is 0 Å². The van der Waals surface area contributed by atoms with Crippen LogP contribution >= 0.6 is 0 Å². The molecule has 0 rings (SSSR count). The molecule has 1 N–H and O–H groups in total. The molecule has 0 unspecified atom stereocenters. The van der Waals surface area contributed by atoms with Crippen LogP contribution in [0.25, 0.3) is 0 Å². The fourth-order valence-electron chi connectivity index (χ4n) is 0.337. The van der Waals surface area contributed by atoms with Crippen LogP contribution in [-0.2, 0) is 0 Å². The van der Waals surface area contributed by atoms with Crippen LogP contribution in [0.2, 0.25) is 0 Å². The molecule has 0 heterocycles. The van der Waals surface area contributed by atoms with Gasteiger partial charge in [-0.3, -0.25) is 0 Å². The van der Waals surface area contributed by atoms with Gasteiger partial charge in [-0.05, 0) is 26.1 Å². The van der Waals surface area contributed by atoms with Crippen LogP contribution in [-0.4, -0.2) is 7.05 Å². The fraction of sp³-hybridized carbons (Fsp3) is 0.429. The summed E-state index contributed by atoms with van der Waals surface area (Å²) in [4.78, 5) is 0. The van der Waals surface area contributed by atoms with Crippen molar-refractivity contribution in [3.05, 3.63) is 23.9 Å². The largest absolute Gasteiger partial charge is 0.394 e. The van der Waals surface area contributed by atoms with Crippen LogP contribution in [0.3, 0.4) is 0 Å². The van der Waals surface area contributed by atoms with E-state index in [1.165, 1.54) is 5.57 Å². The maximum atomic E-state index is 2.90. The number of allylic oxidation sites excluding steroid dienone is 3. The third kappa shape index (κ3) is 5.28. The first kappa shape index (κ1) is 7.28. The number of nitrogens with one attached hydrogen (secondary N) is 1. The highest BCUT2D eigenvalue weighted by atomic mass is 14.8. The molecule has 0 fully saturated rings. The van der Waals surface area contributed by atoms with Gasteiger partial charge in [-0.2, -0.15) is 0 Å². The van der Waals surface area contributed by atoms with E-state index in [2.05, 4.69) is 25.2 Å². The molecule has 0 aliphatic carbocycles. The number of hydrogen-bond acceptors (Lipinski definition) is 1. The van der Waals surface area contributed by atoms with Crippen molar-refractivity contribution >= 4 is 0 Å². The average molecular weight is 111 g/mol. The van der Waals surface area contributed by atoms with E-state index < -0.39 is 0 Å². The van der Waals surface area contributed by atoms with Crippen molar-refractivity contribution in [1.82, 2.24) is 5.32 Å². The van der Waals surface area contributed by atoms with E-state index in [1.807, 2.05) is 19.3 Å². The minimum atomic E-state index is 1.32. The molecular weight excluding hydrogens is 98.1 g/mol. The van der Waals surface area contributed by atoms with Crippen LogP contribution < -0.4 is 5.32 Å². The van der Waals surface area contributed by atoms with Crippen molar-refractivity contribution in [3.63, 3.8) is 0 Å². The van der Waals surface area contributed by atoms with Gasteiger partial charge in [0.2, 0.25) is 0 Å². The highest BCUT2D eigenvalue weighted by molar-refractivity contribution is 5.07. The van der Waals surface area contributed by atoms with Gasteiger partial charge < -0.3 is 5.32 Å². The molecule has 0 atom stereocenters. The van der Waals surface area contributed by atoms with Gasteiger partial charge in [0.25, 0.3) is 0 Å². The Morgan fingerprint density at radius 1 is 1.38 bits per heavy atom. The summed E-state index contributed by atoms with van der Waals surface area (Å²) in [6.45, 7) is 4.14. The predicted molar refractivity (Wildman–Crippen MR) is 37.6 cm³/mol. The van der Waals surface area contributed by atoms with Crippen LogP contribution in [0.15, 0.2) is 23.9 Å². The Bertz CT molecular complexity index is 97.0. The second-order valence-electron chi connectivity index (χ2n) is 1.89. The summed E-state index contributed by atoms with van der Waals surface area (Å²) in [7, 11) is 1.88. The Labute approximate surface area is 51.1 Å². The standard InChI is InChI=1S/C7H13N/c1-7(2)5-4-6-8-3/h4-6,8H,1-3H3/b6-4-. The quantitative estimate of drug-likeness (QED) is 0.535. The zero-order valence-corrected chi connectivity index (χ0v) is 5.73. The maximum Gasteiger partial charge on any atom is 0.00277 e. The molecule has 0 bridgehead atoms. The molecular formula is C7H13N. The van der Waals surface area contributed by atoms with Gasteiger partial charge in [0.1, 0.15) is 0 Å². The first-order valence-corrected chi connectivity index (χ1v) is 2.74. The van der Waals surface area contributed by atoms with Gasteiger partial charge in [-0.25, -0.2) is 0 Å². The Kier molecular flexibility index (Phi) is 4.04. The highest BCUT2D eigenvalue weighted by Gasteiger charge is 1.66. The molecule has 0 radical (unpaired) electrons. The molecule has 1 heteroatoms. The van der Waals surface area contributed by atoms with Crippen LogP contribution in [0.5, 0.6) is 0 Å². The molecule has 0 aromatic heterocycles. The van der Waals surface area contributed by atoms with E-state index in [0.29, 0.717) is 0 Å². The number of hydrogen-bond donors (Lipinski definition) is 1. The van der Waals surface area contributed by atoms with E-state index in [0.717, 1.165) is 0 Å². The lowest BCUT2D eigenvalue weighted by atomic mass is 10.3. The smallest absolute Gasteiger partial charge is 0.00277 e. The third-order valence-corrected chi connectivity index (χ3v) is 0.692. The highest BCUT2D eigenvalue weighted by Crippen LogP contribution is 1.86. The summed E-state index contributed by atoms with van der Waals surface area (Å²) in [6.07, 6.45) is 5.93. The lowest BCUT2D eigenvalue weighted by molar-refractivity contribution is 1.10. The zero-order chi connectivity index (χ0) is 6.41. The predicted octanol–water partition coefficient (Wildman–Crippen LogP) is 1.69. The Morgan fingerprint density at radius 2 is 2.00 bits per heavy atom. The van der Waals surface area contributed by atoms with Gasteiger partial charge in [-0.1, -0.05) is 11.6 Å². The van der Waals surface area contributed by atoms with Gasteiger partial charge in [0.05, 0.1) is 0 Å². The maximum absolute atomic E-state index is 2.90. The topological polar surface area (TPSA) is 12.0 Å². The molecule has 0 aliphatic heterocycles. The molecule has 0 aromatic rings. The molecule has 46 valence electrons. The summed E-state index contributed by atoms with van der Waals surface area (Å²) in [5.74, 6) is 0. The van der Waals surface area contributed by atoms with E-state index in [9.17, 15) is 0 Å². The first-order valence-electron chi connectivity index (χ1n) is 2.74. The van der Waals surface area contributed by atoms with Crippen LogP contribution in [0.4, 0.5) is 0 Å². The van der Waals surface area contributed by atoms with E-state index in [4.69, 9.17) is 0 Å². The lowest BCUT2D eigenvalue weighted by Gasteiger charge is -1.82. The lowest BCUT2D eigenvalue weighted by Crippen LogP contribution is -1.89. The summed E-state index contributed by atoms with van der Waals surface area (Å²) < 4.78 is 0. The van der Waals surface area contributed by atoms with Crippen molar-refractivity contribution < 1.29 is 0 Å². The normalized spacial score (nSPS) is 9.38. The summed E-state index contributed by atoms with van der Waals surface area (Å²) in [5.41, 5.74) is 1.32. The minimum absolute atomic E-state index is 1.32. The molecule has 0 amide bonds. The molecule has 0 spiro atoms. The van der Waals surface area contributed by atoms with E-state index in [-0.39, 0.29) is 0 Å². The van der Waals surface area contributed by atoms with Gasteiger partial charge in [0.15, 0.2) is 0 Å². The molecule has 1 nitrogen and oxygen atoms in total. The van der Waals surface area contributed by atoms with Gasteiger partial charge in [-0.15, -0.1) is 0 Å². The Morgan fingerprint density at radius 3 is 2.38 bits per heavy atom. The minimum Gasteiger partial charge on any atom is -0.394 e. The van der Waals surface area contributed by atoms with Gasteiger partial charge in [0, 0.05) is 7.05 Å². The monoisotopic (exact) mass is 111 g/mol. The van der Waals surface area contributed by atoms with Crippen LogP contribution in [0.1, 0.15) is 13.8 Å². The van der Waals surface area contributed by atoms with Crippen LogP contribution in [0, 0.1) is 0 Å². The van der Waals surface area contributed by atoms with E-state index >= 15 is 0 Å². The molecule has 0 aromatic carbocycles. The zero-order valence-electron chi connectivity index (χ0n) is 5.73. The van der Waals surface area contributed by atoms with Gasteiger partial charge >= 0.3 is 0 Å². The number of rotatable bonds is 2. The van der Waals surface area contributed by atoms with Crippen molar-refractivity contribution in [2.45, 2.75) is 13.8 Å². The Balaban J connectivity index is 3.42. The van der Waals surface area contributed by atoms with Crippen molar-refractivity contribution in [1.29, 1.82) is 0 Å². The van der Waals surface area contributed by atoms with Crippen molar-refractivity contribution in [3.8, 4) is 0 Å². The summed E-state index contributed by atoms with van der Waals surface area (Å²) in [6, 6.07) is 0. The molecule has 0 saturated carbocycles.